The summed E-state index contributed by atoms with van der Waals surface area (Å²) in [5, 5.41) is 5.80. The lowest BCUT2D eigenvalue weighted by molar-refractivity contribution is 0.129. The van der Waals surface area contributed by atoms with Crippen LogP contribution in [-0.4, -0.2) is 18.2 Å². The minimum absolute atomic E-state index is 0.00989. The van der Waals surface area contributed by atoms with Crippen molar-refractivity contribution in [1.82, 2.24) is 5.32 Å². The smallest absolute Gasteiger partial charge is 0.407 e. The second-order valence-corrected chi connectivity index (χ2v) is 6.81. The number of ether oxygens (including phenoxy) is 1. The van der Waals surface area contributed by atoms with Crippen molar-refractivity contribution in [3.63, 3.8) is 0 Å². The van der Waals surface area contributed by atoms with Gasteiger partial charge in [0.1, 0.15) is 18.2 Å². The second kappa shape index (κ2) is 7.82. The van der Waals surface area contributed by atoms with Crippen molar-refractivity contribution in [3.8, 4) is 0 Å². The van der Waals surface area contributed by atoms with Crippen LogP contribution < -0.4 is 10.6 Å². The number of anilines is 1. The number of hydrogen-bond donors (Lipinski definition) is 2. The minimum Gasteiger partial charge on any atom is -0.445 e. The number of halogens is 3. The molecule has 2 aromatic carbocycles. The Morgan fingerprint density at radius 1 is 1.16 bits per heavy atom. The van der Waals surface area contributed by atoms with Crippen LogP contribution in [0.4, 0.5) is 19.3 Å². The third kappa shape index (κ3) is 4.69. The molecule has 0 spiro atoms. The topological polar surface area (TPSA) is 50.4 Å². The summed E-state index contributed by atoms with van der Waals surface area (Å²) in [5.41, 5.74) is 1.15. The molecular weight excluding hydrogens is 394 g/mol. The van der Waals surface area contributed by atoms with Gasteiger partial charge in [-0.1, -0.05) is 30.3 Å². The number of carbonyl (C=O) groups excluding carboxylic acids is 1. The molecule has 132 valence electrons. The summed E-state index contributed by atoms with van der Waals surface area (Å²) in [6.45, 7) is 0.217. The Kier molecular flexibility index (Phi) is 5.53. The fourth-order valence-corrected chi connectivity index (χ4v) is 3.19. The van der Waals surface area contributed by atoms with E-state index in [1.807, 2.05) is 30.3 Å². The van der Waals surface area contributed by atoms with Gasteiger partial charge < -0.3 is 15.4 Å². The maximum atomic E-state index is 13.8. The zero-order chi connectivity index (χ0) is 17.8. The maximum Gasteiger partial charge on any atom is 0.407 e. The third-order valence-corrected chi connectivity index (χ3v) is 4.65. The first kappa shape index (κ1) is 17.7. The SMILES string of the molecule is O=C(NC1CC(Nc2c(F)cc(F)cc2Br)C1)OCc1ccccc1. The predicted molar refractivity (Wildman–Crippen MR) is 94.3 cm³/mol. The van der Waals surface area contributed by atoms with Crippen molar-refractivity contribution < 1.29 is 18.3 Å². The summed E-state index contributed by atoms with van der Waals surface area (Å²) in [4.78, 5) is 11.8. The first-order chi connectivity index (χ1) is 12.0. The van der Waals surface area contributed by atoms with Crippen LogP contribution >= 0.6 is 15.9 Å². The Morgan fingerprint density at radius 2 is 1.88 bits per heavy atom. The van der Waals surface area contributed by atoms with E-state index in [0.29, 0.717) is 17.3 Å². The summed E-state index contributed by atoms with van der Waals surface area (Å²) >= 11 is 3.15. The highest BCUT2D eigenvalue weighted by Crippen LogP contribution is 2.31. The normalized spacial score (nSPS) is 19.0. The quantitative estimate of drug-likeness (QED) is 0.757. The fourth-order valence-electron chi connectivity index (χ4n) is 2.67. The summed E-state index contributed by atoms with van der Waals surface area (Å²) < 4.78 is 32.4. The zero-order valence-corrected chi connectivity index (χ0v) is 14.9. The summed E-state index contributed by atoms with van der Waals surface area (Å²) in [6.07, 6.45) is 0.814. The maximum absolute atomic E-state index is 13.8. The van der Waals surface area contributed by atoms with E-state index in [-0.39, 0.29) is 24.4 Å². The molecule has 0 bridgehead atoms. The Labute approximate surface area is 152 Å². The molecule has 1 aliphatic rings. The van der Waals surface area contributed by atoms with E-state index in [0.717, 1.165) is 11.6 Å². The second-order valence-electron chi connectivity index (χ2n) is 5.96. The molecule has 1 saturated carbocycles. The molecule has 3 rings (SSSR count). The van der Waals surface area contributed by atoms with E-state index < -0.39 is 17.7 Å². The van der Waals surface area contributed by atoms with Gasteiger partial charge in [0, 0.05) is 22.6 Å². The predicted octanol–water partition coefficient (Wildman–Crippen LogP) is 4.60. The molecule has 7 heteroatoms. The molecule has 1 amide bonds. The number of alkyl carbamates (subject to hydrolysis) is 1. The number of amides is 1. The zero-order valence-electron chi connectivity index (χ0n) is 13.3. The monoisotopic (exact) mass is 410 g/mol. The standard InChI is InChI=1S/C18H17BrF2N2O2/c19-15-6-12(20)7-16(21)17(15)22-13-8-14(9-13)23-18(24)25-10-11-4-2-1-3-5-11/h1-7,13-14,22H,8-10H2,(H,23,24). The lowest BCUT2D eigenvalue weighted by Gasteiger charge is -2.36. The lowest BCUT2D eigenvalue weighted by Crippen LogP contribution is -2.49. The molecule has 2 aromatic rings. The average Bonchev–Trinajstić information content (AvgIpc) is 2.54. The third-order valence-electron chi connectivity index (χ3n) is 4.03. The molecule has 0 atom stereocenters. The first-order valence-electron chi connectivity index (χ1n) is 7.89. The summed E-state index contributed by atoms with van der Waals surface area (Å²) in [5.74, 6) is -1.28. The van der Waals surface area contributed by atoms with Gasteiger partial charge in [-0.3, -0.25) is 0 Å². The van der Waals surface area contributed by atoms with Crippen LogP contribution in [0.15, 0.2) is 46.9 Å². The van der Waals surface area contributed by atoms with E-state index in [1.54, 1.807) is 0 Å². The molecule has 4 nitrogen and oxygen atoms in total. The summed E-state index contributed by atoms with van der Waals surface area (Å²) in [7, 11) is 0. The molecular formula is C18H17BrF2N2O2. The number of rotatable bonds is 5. The van der Waals surface area contributed by atoms with E-state index in [2.05, 4.69) is 26.6 Å². The molecule has 25 heavy (non-hydrogen) atoms. The highest BCUT2D eigenvalue weighted by molar-refractivity contribution is 9.10. The van der Waals surface area contributed by atoms with Gasteiger partial charge in [0.25, 0.3) is 0 Å². The Bertz CT molecular complexity index is 729. The van der Waals surface area contributed by atoms with Crippen LogP contribution in [0.5, 0.6) is 0 Å². The molecule has 0 saturated heterocycles. The average molecular weight is 411 g/mol. The van der Waals surface area contributed by atoms with Gasteiger partial charge in [-0.2, -0.15) is 0 Å². The molecule has 0 radical (unpaired) electrons. The van der Waals surface area contributed by atoms with Crippen LogP contribution in [0, 0.1) is 11.6 Å². The van der Waals surface area contributed by atoms with Crippen molar-refractivity contribution >= 4 is 27.7 Å². The van der Waals surface area contributed by atoms with Gasteiger partial charge in [0.2, 0.25) is 0 Å². The van der Waals surface area contributed by atoms with E-state index in [4.69, 9.17) is 4.74 Å². The van der Waals surface area contributed by atoms with Gasteiger partial charge in [-0.05, 0) is 40.4 Å². The van der Waals surface area contributed by atoms with Crippen LogP contribution in [0.1, 0.15) is 18.4 Å². The van der Waals surface area contributed by atoms with Gasteiger partial charge in [-0.15, -0.1) is 0 Å². The van der Waals surface area contributed by atoms with Crippen LogP contribution in [-0.2, 0) is 11.3 Å². The summed E-state index contributed by atoms with van der Waals surface area (Å²) in [6, 6.07) is 11.4. The van der Waals surface area contributed by atoms with Gasteiger partial charge in [0.15, 0.2) is 0 Å². The van der Waals surface area contributed by atoms with E-state index in [1.165, 1.54) is 6.07 Å². The molecule has 1 fully saturated rings. The number of hydrogen-bond acceptors (Lipinski definition) is 3. The Morgan fingerprint density at radius 3 is 2.56 bits per heavy atom. The largest absolute Gasteiger partial charge is 0.445 e. The van der Waals surface area contributed by atoms with Crippen molar-refractivity contribution in [1.29, 1.82) is 0 Å². The number of nitrogens with one attached hydrogen (secondary N) is 2. The first-order valence-corrected chi connectivity index (χ1v) is 8.69. The molecule has 2 N–H and O–H groups in total. The highest BCUT2D eigenvalue weighted by atomic mass is 79.9. The molecule has 0 unspecified atom stereocenters. The van der Waals surface area contributed by atoms with Crippen LogP contribution in [0.3, 0.4) is 0 Å². The number of benzene rings is 2. The molecule has 0 aromatic heterocycles. The lowest BCUT2D eigenvalue weighted by atomic mass is 9.86. The molecule has 0 heterocycles. The molecule has 1 aliphatic carbocycles. The van der Waals surface area contributed by atoms with Crippen LogP contribution in [0.2, 0.25) is 0 Å². The van der Waals surface area contributed by atoms with Crippen molar-refractivity contribution in [2.45, 2.75) is 31.5 Å². The van der Waals surface area contributed by atoms with Gasteiger partial charge in [0.05, 0.1) is 5.69 Å². The van der Waals surface area contributed by atoms with Crippen molar-refractivity contribution in [3.05, 3.63) is 64.1 Å². The van der Waals surface area contributed by atoms with E-state index >= 15 is 0 Å². The minimum atomic E-state index is -0.648. The van der Waals surface area contributed by atoms with Gasteiger partial charge in [-0.25, -0.2) is 13.6 Å². The Balaban J connectivity index is 1.42. The number of carbonyl (C=O) groups is 1. The fraction of sp³-hybridized carbons (Fsp3) is 0.278. The highest BCUT2D eigenvalue weighted by Gasteiger charge is 2.31. The van der Waals surface area contributed by atoms with Crippen molar-refractivity contribution in [2.24, 2.45) is 0 Å². The van der Waals surface area contributed by atoms with E-state index in [9.17, 15) is 13.6 Å². The molecule has 0 aliphatic heterocycles. The van der Waals surface area contributed by atoms with Crippen LogP contribution in [0.25, 0.3) is 0 Å². The van der Waals surface area contributed by atoms with Gasteiger partial charge >= 0.3 is 6.09 Å². The van der Waals surface area contributed by atoms with Crippen molar-refractivity contribution in [2.75, 3.05) is 5.32 Å². The Hall–Kier alpha value is -2.15.